The van der Waals surface area contributed by atoms with E-state index in [1.807, 2.05) is 12.2 Å². The summed E-state index contributed by atoms with van der Waals surface area (Å²) in [6, 6.07) is 9.43. The molecule has 1 saturated heterocycles. The van der Waals surface area contributed by atoms with E-state index in [0.717, 1.165) is 22.2 Å². The van der Waals surface area contributed by atoms with Crippen LogP contribution in [0.4, 0.5) is 5.69 Å². The summed E-state index contributed by atoms with van der Waals surface area (Å²) in [6.45, 7) is 0. The highest BCUT2D eigenvalue weighted by atomic mass is 35.5. The number of halogens is 2. The lowest BCUT2D eigenvalue weighted by Crippen LogP contribution is -2.57. The van der Waals surface area contributed by atoms with Crippen molar-refractivity contribution in [1.29, 1.82) is 0 Å². The summed E-state index contributed by atoms with van der Waals surface area (Å²) in [5, 5.41) is 13.1. The van der Waals surface area contributed by atoms with Crippen LogP contribution in [0, 0.1) is 22.0 Å². The minimum absolute atomic E-state index is 0.0299. The van der Waals surface area contributed by atoms with E-state index < -0.39 is 46.3 Å². The largest absolute Gasteiger partial charge is 0.292 e. The highest BCUT2D eigenvalue weighted by Crippen LogP contribution is 2.37. The lowest BCUT2D eigenvalue weighted by atomic mass is 9.85. The molecule has 2 aliphatic rings. The molecule has 1 fully saturated rings. The maximum Gasteiger partial charge on any atom is 0.273 e. The van der Waals surface area contributed by atoms with E-state index in [2.05, 4.69) is 0 Å². The predicted octanol–water partition coefficient (Wildman–Crippen LogP) is 4.44. The minimum atomic E-state index is -1.28. The van der Waals surface area contributed by atoms with Crippen molar-refractivity contribution in [2.75, 3.05) is 5.88 Å². The number of benzene rings is 2. The number of hydrogen-bond acceptors (Lipinski definition) is 6. The van der Waals surface area contributed by atoms with Crippen molar-refractivity contribution in [3.05, 3.63) is 86.9 Å². The molecule has 1 aliphatic carbocycles. The lowest BCUT2D eigenvalue weighted by Gasteiger charge is -2.36. The third-order valence-electron chi connectivity index (χ3n) is 6.34. The standard InChI is InChI=1S/C25H21Cl2N3O6/c26-14-13-21(22(31)15-5-9-17(27)10-6-15)28(23(32)16-7-11-18(12-8-16)30(35)36)29-24(33)19-3-1-2-4-20(19)25(29)34/h1-2,5-12,19-21H,3-4,13-14H2/t19-,20+,21-/m0/s1. The number of nitro groups is 1. The molecule has 0 radical (unpaired) electrons. The van der Waals surface area contributed by atoms with Crippen LogP contribution in [0.1, 0.15) is 40.0 Å². The number of non-ortho nitro benzene ring substituents is 1. The Bertz CT molecular complexity index is 1220. The number of rotatable bonds is 8. The highest BCUT2D eigenvalue weighted by molar-refractivity contribution is 6.30. The molecule has 0 unspecified atom stereocenters. The summed E-state index contributed by atoms with van der Waals surface area (Å²) in [6.07, 6.45) is 4.26. The first-order valence-electron chi connectivity index (χ1n) is 11.2. The fraction of sp³-hybridized carbons (Fsp3) is 0.280. The van der Waals surface area contributed by atoms with Gasteiger partial charge in [-0.2, -0.15) is 5.01 Å². The molecule has 0 spiro atoms. The van der Waals surface area contributed by atoms with Gasteiger partial charge in [-0.15, -0.1) is 11.6 Å². The van der Waals surface area contributed by atoms with Crippen LogP contribution in [0.2, 0.25) is 5.02 Å². The number of Topliss-reactive ketones (excluding diaryl/α,β-unsaturated/α-hetero) is 1. The molecule has 11 heteroatoms. The third kappa shape index (κ3) is 4.76. The van der Waals surface area contributed by atoms with Crippen LogP contribution in [-0.2, 0) is 9.59 Å². The van der Waals surface area contributed by atoms with Gasteiger partial charge < -0.3 is 0 Å². The molecule has 2 aromatic carbocycles. The Hall–Kier alpha value is -3.56. The zero-order valence-electron chi connectivity index (χ0n) is 18.9. The van der Waals surface area contributed by atoms with E-state index in [-0.39, 0.29) is 29.1 Å². The number of carbonyl (C=O) groups excluding carboxylic acids is 4. The first-order chi connectivity index (χ1) is 17.2. The molecule has 0 bridgehead atoms. The van der Waals surface area contributed by atoms with Crippen LogP contribution in [0.3, 0.4) is 0 Å². The van der Waals surface area contributed by atoms with E-state index in [9.17, 15) is 29.3 Å². The van der Waals surface area contributed by atoms with Gasteiger partial charge in [0, 0.05) is 34.2 Å². The molecular weight excluding hydrogens is 509 g/mol. The van der Waals surface area contributed by atoms with Crippen LogP contribution in [0.25, 0.3) is 0 Å². The zero-order valence-corrected chi connectivity index (χ0v) is 20.4. The van der Waals surface area contributed by atoms with E-state index >= 15 is 0 Å². The molecule has 4 rings (SSSR count). The molecular formula is C25H21Cl2N3O6. The van der Waals surface area contributed by atoms with Crippen molar-refractivity contribution < 1.29 is 24.1 Å². The number of imide groups is 1. The number of alkyl halides is 1. The number of hydrogen-bond donors (Lipinski definition) is 0. The van der Waals surface area contributed by atoms with Gasteiger partial charge in [-0.05, 0) is 55.7 Å². The average Bonchev–Trinajstić information content (AvgIpc) is 3.13. The molecule has 36 heavy (non-hydrogen) atoms. The number of ketones is 1. The second-order valence-corrected chi connectivity index (χ2v) is 9.28. The lowest BCUT2D eigenvalue weighted by molar-refractivity contribution is -0.384. The number of allylic oxidation sites excluding steroid dienone is 2. The average molecular weight is 530 g/mol. The number of nitrogens with zero attached hydrogens (tertiary/aromatic N) is 3. The second kappa shape index (κ2) is 10.6. The maximum absolute atomic E-state index is 13.8. The van der Waals surface area contributed by atoms with Crippen molar-refractivity contribution in [2.45, 2.75) is 25.3 Å². The first kappa shape index (κ1) is 25.5. The van der Waals surface area contributed by atoms with Crippen LogP contribution in [-0.4, -0.2) is 50.4 Å². The first-order valence-corrected chi connectivity index (χ1v) is 12.1. The van der Waals surface area contributed by atoms with Crippen molar-refractivity contribution >= 4 is 52.4 Å². The van der Waals surface area contributed by atoms with Gasteiger partial charge in [0.05, 0.1) is 16.8 Å². The van der Waals surface area contributed by atoms with Gasteiger partial charge >= 0.3 is 0 Å². The van der Waals surface area contributed by atoms with Gasteiger partial charge in [-0.3, -0.25) is 29.3 Å². The summed E-state index contributed by atoms with van der Waals surface area (Å²) < 4.78 is 0. The van der Waals surface area contributed by atoms with Crippen molar-refractivity contribution in [3.8, 4) is 0 Å². The van der Waals surface area contributed by atoms with E-state index in [1.165, 1.54) is 36.4 Å². The summed E-state index contributed by atoms with van der Waals surface area (Å²) in [4.78, 5) is 64.7. The molecule has 1 heterocycles. The Morgan fingerprint density at radius 1 is 0.972 bits per heavy atom. The number of fused-ring (bicyclic) bond motifs is 1. The normalized spacial score (nSPS) is 19.7. The summed E-state index contributed by atoms with van der Waals surface area (Å²) in [5.74, 6) is -3.83. The molecule has 0 saturated carbocycles. The maximum atomic E-state index is 13.8. The summed E-state index contributed by atoms with van der Waals surface area (Å²) in [5.41, 5.74) is -0.0510. The highest BCUT2D eigenvalue weighted by Gasteiger charge is 2.53. The van der Waals surface area contributed by atoms with Gasteiger partial charge in [-0.25, -0.2) is 5.01 Å². The second-order valence-electron chi connectivity index (χ2n) is 8.46. The quantitative estimate of drug-likeness (QED) is 0.124. The molecule has 3 atom stereocenters. The monoisotopic (exact) mass is 529 g/mol. The molecule has 1 aliphatic heterocycles. The van der Waals surface area contributed by atoms with E-state index in [1.54, 1.807) is 0 Å². The van der Waals surface area contributed by atoms with Gasteiger partial charge in [0.25, 0.3) is 23.4 Å². The third-order valence-corrected chi connectivity index (χ3v) is 6.81. The molecule has 2 aromatic rings. The number of nitro benzene ring substituents is 1. The Balaban J connectivity index is 1.80. The van der Waals surface area contributed by atoms with E-state index in [0.29, 0.717) is 17.9 Å². The predicted molar refractivity (Wildman–Crippen MR) is 131 cm³/mol. The van der Waals surface area contributed by atoms with Crippen molar-refractivity contribution in [3.63, 3.8) is 0 Å². The Morgan fingerprint density at radius 2 is 1.50 bits per heavy atom. The number of carbonyl (C=O) groups is 4. The van der Waals surface area contributed by atoms with Gasteiger partial charge in [0.1, 0.15) is 6.04 Å². The van der Waals surface area contributed by atoms with Crippen LogP contribution >= 0.6 is 23.2 Å². The van der Waals surface area contributed by atoms with Gasteiger partial charge in [0.15, 0.2) is 5.78 Å². The molecule has 0 aromatic heterocycles. The number of hydrazine groups is 1. The SMILES string of the molecule is O=C(c1ccc(Cl)cc1)[C@H](CCCl)N(C(=O)c1ccc([N+](=O)[O-])cc1)N1C(=O)[C@H]2CC=CC[C@H]2C1=O. The van der Waals surface area contributed by atoms with Crippen molar-refractivity contribution in [1.82, 2.24) is 10.0 Å². The minimum Gasteiger partial charge on any atom is -0.292 e. The molecule has 186 valence electrons. The Kier molecular flexibility index (Phi) is 7.51. The van der Waals surface area contributed by atoms with Crippen molar-refractivity contribution in [2.24, 2.45) is 11.8 Å². The van der Waals surface area contributed by atoms with Crippen LogP contribution in [0.5, 0.6) is 0 Å². The van der Waals surface area contributed by atoms with Crippen LogP contribution in [0.15, 0.2) is 60.7 Å². The number of amides is 3. The Morgan fingerprint density at radius 3 is 2.00 bits per heavy atom. The molecule has 9 nitrogen and oxygen atoms in total. The fourth-order valence-electron chi connectivity index (χ4n) is 4.50. The fourth-order valence-corrected chi connectivity index (χ4v) is 4.83. The molecule has 3 amide bonds. The van der Waals surface area contributed by atoms with Crippen LogP contribution < -0.4 is 0 Å². The molecule has 0 N–H and O–H groups in total. The smallest absolute Gasteiger partial charge is 0.273 e. The topological polar surface area (TPSA) is 118 Å². The summed E-state index contributed by atoms with van der Waals surface area (Å²) >= 11 is 12.0. The van der Waals surface area contributed by atoms with Gasteiger partial charge in [-0.1, -0.05) is 23.8 Å². The summed E-state index contributed by atoms with van der Waals surface area (Å²) in [7, 11) is 0. The van der Waals surface area contributed by atoms with Gasteiger partial charge in [0.2, 0.25) is 0 Å². The Labute approximate surface area is 216 Å². The van der Waals surface area contributed by atoms with E-state index in [4.69, 9.17) is 23.2 Å². The zero-order chi connectivity index (χ0) is 26.0.